The van der Waals surface area contributed by atoms with Gasteiger partial charge in [-0.15, -0.1) is 0 Å². The Morgan fingerprint density at radius 1 is 1.30 bits per heavy atom. The van der Waals surface area contributed by atoms with Gasteiger partial charge in [0.25, 0.3) is 0 Å². The van der Waals surface area contributed by atoms with Crippen LogP contribution in [0.5, 0.6) is 0 Å². The molecule has 1 aromatic carbocycles. The quantitative estimate of drug-likeness (QED) is 0.786. The molecule has 0 radical (unpaired) electrons. The van der Waals surface area contributed by atoms with Crippen LogP contribution in [0.1, 0.15) is 39.2 Å². The lowest BCUT2D eigenvalue weighted by molar-refractivity contribution is -0.0289. The second-order valence-corrected chi connectivity index (χ2v) is 5.32. The van der Waals surface area contributed by atoms with Gasteiger partial charge in [0.2, 0.25) is 0 Å². The fourth-order valence-corrected chi connectivity index (χ4v) is 2.28. The molecule has 0 saturated heterocycles. The summed E-state index contributed by atoms with van der Waals surface area (Å²) in [5, 5.41) is 3.39. The molecule has 0 fully saturated rings. The zero-order valence-corrected chi connectivity index (χ0v) is 12.8. The molecule has 1 rings (SSSR count). The van der Waals surface area contributed by atoms with Gasteiger partial charge in [-0.1, -0.05) is 13.8 Å². The Kier molecular flexibility index (Phi) is 6.56. The van der Waals surface area contributed by atoms with Crippen LogP contribution >= 0.6 is 0 Å². The molecule has 0 aliphatic carbocycles. The molecule has 0 aliphatic rings. The number of ether oxygens (including phenoxy) is 1. The lowest BCUT2D eigenvalue weighted by Gasteiger charge is -2.36. The summed E-state index contributed by atoms with van der Waals surface area (Å²) in [6, 6.07) is 3.52. The van der Waals surface area contributed by atoms with E-state index in [-0.39, 0.29) is 11.9 Å². The SMILES string of the molecule is CCCNC(Cc1cc(F)ccc1F)C(C)(CC)OC. The average molecular weight is 285 g/mol. The fraction of sp³-hybridized carbons (Fsp3) is 0.625. The zero-order chi connectivity index (χ0) is 15.2. The summed E-state index contributed by atoms with van der Waals surface area (Å²) < 4.78 is 32.7. The third-order valence-corrected chi connectivity index (χ3v) is 3.98. The Balaban J connectivity index is 2.96. The number of nitrogens with one attached hydrogen (secondary N) is 1. The van der Waals surface area contributed by atoms with Crippen molar-refractivity contribution in [2.45, 2.75) is 51.7 Å². The van der Waals surface area contributed by atoms with Crippen molar-refractivity contribution in [2.24, 2.45) is 0 Å². The maximum Gasteiger partial charge on any atom is 0.126 e. The Morgan fingerprint density at radius 3 is 2.55 bits per heavy atom. The largest absolute Gasteiger partial charge is 0.377 e. The molecule has 2 unspecified atom stereocenters. The summed E-state index contributed by atoms with van der Waals surface area (Å²) >= 11 is 0. The van der Waals surface area contributed by atoms with E-state index >= 15 is 0 Å². The molecule has 0 heterocycles. The van der Waals surface area contributed by atoms with Gasteiger partial charge in [-0.25, -0.2) is 8.78 Å². The first-order valence-corrected chi connectivity index (χ1v) is 7.19. The van der Waals surface area contributed by atoms with Gasteiger partial charge in [-0.3, -0.25) is 0 Å². The van der Waals surface area contributed by atoms with E-state index in [9.17, 15) is 8.78 Å². The standard InChI is InChI=1S/C16H25F2NO/c1-5-9-19-15(16(3,6-2)20-4)11-12-10-13(17)7-8-14(12)18/h7-8,10,15,19H,5-6,9,11H2,1-4H3. The highest BCUT2D eigenvalue weighted by Crippen LogP contribution is 2.24. The number of halogens is 2. The van der Waals surface area contributed by atoms with E-state index < -0.39 is 11.4 Å². The van der Waals surface area contributed by atoms with Gasteiger partial charge in [-0.05, 0) is 56.5 Å². The van der Waals surface area contributed by atoms with Gasteiger partial charge < -0.3 is 10.1 Å². The molecule has 0 spiro atoms. The van der Waals surface area contributed by atoms with E-state index in [0.29, 0.717) is 12.0 Å². The normalized spacial score (nSPS) is 15.9. The van der Waals surface area contributed by atoms with Crippen LogP contribution in [0.4, 0.5) is 8.78 Å². The predicted molar refractivity (Wildman–Crippen MR) is 77.8 cm³/mol. The number of methoxy groups -OCH3 is 1. The third kappa shape index (κ3) is 4.25. The number of benzene rings is 1. The maximum absolute atomic E-state index is 13.8. The van der Waals surface area contributed by atoms with Crippen LogP contribution in [0.15, 0.2) is 18.2 Å². The van der Waals surface area contributed by atoms with Crippen LogP contribution in [0.3, 0.4) is 0 Å². The minimum atomic E-state index is -0.411. The second kappa shape index (κ2) is 7.70. The van der Waals surface area contributed by atoms with E-state index in [4.69, 9.17) is 4.74 Å². The average Bonchev–Trinajstić information content (AvgIpc) is 2.46. The molecule has 0 saturated carbocycles. The minimum Gasteiger partial charge on any atom is -0.377 e. The maximum atomic E-state index is 13.8. The van der Waals surface area contributed by atoms with Crippen molar-refractivity contribution in [3.63, 3.8) is 0 Å². The van der Waals surface area contributed by atoms with Gasteiger partial charge in [0.05, 0.1) is 5.60 Å². The first-order chi connectivity index (χ1) is 9.46. The van der Waals surface area contributed by atoms with Gasteiger partial charge >= 0.3 is 0 Å². The summed E-state index contributed by atoms with van der Waals surface area (Å²) in [6.07, 6.45) is 2.18. The molecule has 114 valence electrons. The molecule has 1 N–H and O–H groups in total. The molecule has 2 nitrogen and oxygen atoms in total. The van der Waals surface area contributed by atoms with Crippen LogP contribution in [-0.2, 0) is 11.2 Å². The van der Waals surface area contributed by atoms with Crippen molar-refractivity contribution >= 4 is 0 Å². The van der Waals surface area contributed by atoms with Crippen LogP contribution in [0, 0.1) is 11.6 Å². The Bertz CT molecular complexity index is 419. The molecule has 4 heteroatoms. The third-order valence-electron chi connectivity index (χ3n) is 3.98. The van der Waals surface area contributed by atoms with E-state index in [0.717, 1.165) is 25.5 Å². The first kappa shape index (κ1) is 17.1. The van der Waals surface area contributed by atoms with Crippen molar-refractivity contribution in [2.75, 3.05) is 13.7 Å². The smallest absolute Gasteiger partial charge is 0.126 e. The van der Waals surface area contributed by atoms with E-state index in [1.165, 1.54) is 12.1 Å². The molecule has 0 aliphatic heterocycles. The van der Waals surface area contributed by atoms with Crippen LogP contribution in [-0.4, -0.2) is 25.3 Å². The van der Waals surface area contributed by atoms with Crippen LogP contribution in [0.25, 0.3) is 0 Å². The Morgan fingerprint density at radius 2 is 2.00 bits per heavy atom. The van der Waals surface area contributed by atoms with E-state index in [1.807, 2.05) is 13.8 Å². The van der Waals surface area contributed by atoms with Crippen LogP contribution < -0.4 is 5.32 Å². The van der Waals surface area contributed by atoms with Crippen molar-refractivity contribution in [3.8, 4) is 0 Å². The summed E-state index contributed by atoms with van der Waals surface area (Å²) in [4.78, 5) is 0. The highest BCUT2D eigenvalue weighted by atomic mass is 19.1. The lowest BCUT2D eigenvalue weighted by Crippen LogP contribution is -2.51. The van der Waals surface area contributed by atoms with Gasteiger partial charge in [0, 0.05) is 13.2 Å². The minimum absolute atomic E-state index is 0.0613. The van der Waals surface area contributed by atoms with Crippen molar-refractivity contribution in [3.05, 3.63) is 35.4 Å². The Labute approximate surface area is 120 Å². The summed E-state index contributed by atoms with van der Waals surface area (Å²) in [5.41, 5.74) is -0.0242. The second-order valence-electron chi connectivity index (χ2n) is 5.32. The molecular formula is C16H25F2NO. The number of hydrogen-bond acceptors (Lipinski definition) is 2. The molecule has 0 amide bonds. The highest BCUT2D eigenvalue weighted by Gasteiger charge is 2.32. The van der Waals surface area contributed by atoms with Crippen LogP contribution in [0.2, 0.25) is 0 Å². The van der Waals surface area contributed by atoms with Gasteiger partial charge in [0.15, 0.2) is 0 Å². The number of hydrogen-bond donors (Lipinski definition) is 1. The summed E-state index contributed by atoms with van der Waals surface area (Å²) in [5.74, 6) is -0.782. The number of rotatable bonds is 8. The van der Waals surface area contributed by atoms with Gasteiger partial charge in [0.1, 0.15) is 11.6 Å². The monoisotopic (exact) mass is 285 g/mol. The molecule has 1 aromatic rings. The molecule has 20 heavy (non-hydrogen) atoms. The van der Waals surface area contributed by atoms with Gasteiger partial charge in [-0.2, -0.15) is 0 Å². The predicted octanol–water partition coefficient (Wildman–Crippen LogP) is 3.69. The lowest BCUT2D eigenvalue weighted by atomic mass is 9.88. The van der Waals surface area contributed by atoms with Crippen molar-refractivity contribution < 1.29 is 13.5 Å². The highest BCUT2D eigenvalue weighted by molar-refractivity contribution is 5.20. The molecule has 0 bridgehead atoms. The summed E-state index contributed by atoms with van der Waals surface area (Å²) in [6.45, 7) is 6.92. The topological polar surface area (TPSA) is 21.3 Å². The molecule has 2 atom stereocenters. The summed E-state index contributed by atoms with van der Waals surface area (Å²) in [7, 11) is 1.66. The fourth-order valence-electron chi connectivity index (χ4n) is 2.28. The molecular weight excluding hydrogens is 260 g/mol. The van der Waals surface area contributed by atoms with E-state index in [1.54, 1.807) is 7.11 Å². The Hall–Kier alpha value is -1.00. The van der Waals surface area contributed by atoms with Crippen molar-refractivity contribution in [1.29, 1.82) is 0 Å². The zero-order valence-electron chi connectivity index (χ0n) is 12.8. The molecule has 0 aromatic heterocycles. The van der Waals surface area contributed by atoms with Crippen molar-refractivity contribution in [1.82, 2.24) is 5.32 Å². The van der Waals surface area contributed by atoms with E-state index in [2.05, 4.69) is 12.2 Å². The first-order valence-electron chi connectivity index (χ1n) is 7.19.